The predicted octanol–water partition coefficient (Wildman–Crippen LogP) is 1.46. The zero-order valence-electron chi connectivity index (χ0n) is 10.8. The average molecular weight is 287 g/mol. The summed E-state index contributed by atoms with van der Waals surface area (Å²) in [7, 11) is -3.93. The minimum atomic E-state index is -3.93. The van der Waals surface area contributed by atoms with E-state index >= 15 is 0 Å². The highest BCUT2D eigenvalue weighted by molar-refractivity contribution is 7.89. The van der Waals surface area contributed by atoms with Crippen molar-refractivity contribution in [2.75, 3.05) is 6.61 Å². The highest BCUT2D eigenvalue weighted by Crippen LogP contribution is 2.22. The van der Waals surface area contributed by atoms with Crippen molar-refractivity contribution in [1.82, 2.24) is 0 Å². The number of carbonyl (C=O) groups is 1. The molecule has 0 aromatic heterocycles. The predicted molar refractivity (Wildman–Crippen MR) is 69.7 cm³/mol. The highest BCUT2D eigenvalue weighted by Gasteiger charge is 2.17. The first-order chi connectivity index (χ1) is 8.71. The molecule has 3 N–H and O–H groups in total. The maximum atomic E-state index is 11.2. The fraction of sp³-hybridized carbons (Fsp3) is 0.417. The zero-order valence-corrected chi connectivity index (χ0v) is 11.6. The normalized spacial score (nSPS) is 11.6. The highest BCUT2D eigenvalue weighted by atomic mass is 32.2. The number of nitrogens with two attached hydrogens (primary N) is 1. The molecule has 1 rings (SSSR count). The van der Waals surface area contributed by atoms with E-state index in [0.29, 0.717) is 12.5 Å². The molecule has 0 aliphatic rings. The van der Waals surface area contributed by atoms with E-state index in [2.05, 4.69) is 0 Å². The molecular formula is C12H17NO5S. The number of carboxylic acids is 1. The molecule has 0 aliphatic carbocycles. The molecule has 6 nitrogen and oxygen atoms in total. The molecule has 0 amide bonds. The van der Waals surface area contributed by atoms with E-state index in [1.54, 1.807) is 0 Å². The van der Waals surface area contributed by atoms with Gasteiger partial charge < -0.3 is 9.84 Å². The van der Waals surface area contributed by atoms with Crippen molar-refractivity contribution >= 4 is 16.0 Å². The third-order valence-electron chi connectivity index (χ3n) is 2.46. The third kappa shape index (κ3) is 4.53. The summed E-state index contributed by atoms with van der Waals surface area (Å²) in [6, 6.07) is 3.54. The molecule has 0 bridgehead atoms. The Morgan fingerprint density at radius 3 is 2.53 bits per heavy atom. The minimum absolute atomic E-state index is 0.139. The number of rotatable bonds is 6. The summed E-state index contributed by atoms with van der Waals surface area (Å²) >= 11 is 0. The van der Waals surface area contributed by atoms with Crippen molar-refractivity contribution in [3.05, 3.63) is 23.8 Å². The molecule has 0 spiro atoms. The van der Waals surface area contributed by atoms with E-state index in [9.17, 15) is 13.2 Å². The Labute approximate surface area is 112 Å². The lowest BCUT2D eigenvalue weighted by Crippen LogP contribution is -2.14. The zero-order chi connectivity index (χ0) is 14.6. The van der Waals surface area contributed by atoms with Crippen LogP contribution in [0, 0.1) is 5.92 Å². The van der Waals surface area contributed by atoms with E-state index in [-0.39, 0.29) is 16.2 Å². The molecule has 0 fully saturated rings. The number of hydrogen-bond acceptors (Lipinski definition) is 4. The molecule has 0 aliphatic heterocycles. The lowest BCUT2D eigenvalue weighted by molar-refractivity contribution is 0.0691. The van der Waals surface area contributed by atoms with Gasteiger partial charge in [0.15, 0.2) is 0 Å². The monoisotopic (exact) mass is 287 g/mol. The van der Waals surface area contributed by atoms with Crippen molar-refractivity contribution in [2.24, 2.45) is 11.1 Å². The van der Waals surface area contributed by atoms with Crippen molar-refractivity contribution in [3.8, 4) is 5.75 Å². The van der Waals surface area contributed by atoms with Crippen molar-refractivity contribution in [3.63, 3.8) is 0 Å². The molecule has 106 valence electrons. The molecule has 1 aromatic carbocycles. The number of ether oxygens (including phenoxy) is 1. The average Bonchev–Trinajstić information content (AvgIpc) is 2.27. The smallest absolute Gasteiger partial charge is 0.339 e. The van der Waals surface area contributed by atoms with Crippen LogP contribution in [0.3, 0.4) is 0 Å². The molecule has 7 heteroatoms. The lowest BCUT2D eigenvalue weighted by Gasteiger charge is -2.11. The molecule has 0 radical (unpaired) electrons. The van der Waals surface area contributed by atoms with Gasteiger partial charge in [0.05, 0.1) is 11.5 Å². The first-order valence-corrected chi connectivity index (χ1v) is 7.29. The Bertz CT molecular complexity index is 565. The number of carboxylic acid groups (broad SMARTS) is 1. The second-order valence-corrected chi connectivity index (χ2v) is 6.10. The van der Waals surface area contributed by atoms with Gasteiger partial charge in [-0.15, -0.1) is 0 Å². The molecule has 0 atom stereocenters. The number of benzene rings is 1. The van der Waals surface area contributed by atoms with Gasteiger partial charge in [0.25, 0.3) is 0 Å². The van der Waals surface area contributed by atoms with Gasteiger partial charge in [0.2, 0.25) is 10.0 Å². The standard InChI is InChI=1S/C12H17NO5S/c1-8(2)5-6-18-11-4-3-9(19(13,16)17)7-10(11)12(14)15/h3-4,7-8H,5-6H2,1-2H3,(H,14,15)(H2,13,16,17). The first-order valence-electron chi connectivity index (χ1n) is 5.74. The van der Waals surface area contributed by atoms with Crippen molar-refractivity contribution in [2.45, 2.75) is 25.2 Å². The van der Waals surface area contributed by atoms with Crippen LogP contribution in [0.25, 0.3) is 0 Å². The van der Waals surface area contributed by atoms with Crippen LogP contribution in [0.5, 0.6) is 5.75 Å². The Morgan fingerprint density at radius 1 is 1.42 bits per heavy atom. The molecule has 1 aromatic rings. The van der Waals surface area contributed by atoms with Gasteiger partial charge >= 0.3 is 5.97 Å². The first kappa shape index (κ1) is 15.5. The molecule has 0 saturated heterocycles. The number of aromatic carboxylic acids is 1. The van der Waals surface area contributed by atoms with Gasteiger partial charge in [0, 0.05) is 0 Å². The number of hydrogen-bond donors (Lipinski definition) is 2. The topological polar surface area (TPSA) is 107 Å². The Morgan fingerprint density at radius 2 is 2.05 bits per heavy atom. The van der Waals surface area contributed by atoms with Gasteiger partial charge in [-0.25, -0.2) is 18.4 Å². The van der Waals surface area contributed by atoms with Crippen LogP contribution >= 0.6 is 0 Å². The summed E-state index contributed by atoms with van der Waals surface area (Å²) in [5, 5.41) is 14.0. The van der Waals surface area contributed by atoms with E-state index in [1.807, 2.05) is 13.8 Å². The maximum absolute atomic E-state index is 11.2. The van der Waals surface area contributed by atoms with Crippen LogP contribution in [0.2, 0.25) is 0 Å². The minimum Gasteiger partial charge on any atom is -0.493 e. The summed E-state index contributed by atoms with van der Waals surface area (Å²) < 4.78 is 27.7. The van der Waals surface area contributed by atoms with Crippen LogP contribution in [0.1, 0.15) is 30.6 Å². The fourth-order valence-electron chi connectivity index (χ4n) is 1.38. The number of sulfonamides is 1. The molecule has 0 saturated carbocycles. The van der Waals surface area contributed by atoms with Crippen molar-refractivity contribution in [1.29, 1.82) is 0 Å². The summed E-state index contributed by atoms with van der Waals surface area (Å²) in [5.41, 5.74) is -0.213. The second-order valence-electron chi connectivity index (χ2n) is 4.54. The Kier molecular flexibility index (Phi) is 4.90. The summed E-state index contributed by atoms with van der Waals surface area (Å²) in [6.07, 6.45) is 0.774. The van der Waals surface area contributed by atoms with Crippen LogP contribution in [-0.2, 0) is 10.0 Å². The summed E-state index contributed by atoms with van der Waals surface area (Å²) in [4.78, 5) is 10.8. The van der Waals surface area contributed by atoms with Gasteiger partial charge in [0.1, 0.15) is 11.3 Å². The second kappa shape index (κ2) is 6.03. The molecule has 0 heterocycles. The summed E-state index contributed by atoms with van der Waals surface area (Å²) in [6.45, 7) is 4.41. The Balaban J connectivity index is 3.02. The van der Waals surface area contributed by atoms with Gasteiger partial charge in [-0.2, -0.15) is 0 Å². The summed E-state index contributed by atoms with van der Waals surface area (Å²) in [5.74, 6) is -0.692. The quantitative estimate of drug-likeness (QED) is 0.823. The van der Waals surface area contributed by atoms with E-state index in [0.717, 1.165) is 12.5 Å². The Hall–Kier alpha value is -1.60. The SMILES string of the molecule is CC(C)CCOc1ccc(S(N)(=O)=O)cc1C(=O)O. The molecule has 19 heavy (non-hydrogen) atoms. The van der Waals surface area contributed by atoms with Crippen LogP contribution < -0.4 is 9.88 Å². The largest absolute Gasteiger partial charge is 0.493 e. The van der Waals surface area contributed by atoms with Crippen LogP contribution in [0.4, 0.5) is 0 Å². The molecular weight excluding hydrogens is 270 g/mol. The van der Waals surface area contributed by atoms with Gasteiger partial charge in [-0.1, -0.05) is 13.8 Å². The van der Waals surface area contributed by atoms with E-state index in [4.69, 9.17) is 15.0 Å². The van der Waals surface area contributed by atoms with E-state index in [1.165, 1.54) is 12.1 Å². The van der Waals surface area contributed by atoms with Gasteiger partial charge in [-0.05, 0) is 30.5 Å². The molecule has 0 unspecified atom stereocenters. The van der Waals surface area contributed by atoms with Crippen LogP contribution in [-0.4, -0.2) is 26.1 Å². The third-order valence-corrected chi connectivity index (χ3v) is 3.37. The van der Waals surface area contributed by atoms with Gasteiger partial charge in [-0.3, -0.25) is 0 Å². The van der Waals surface area contributed by atoms with Crippen molar-refractivity contribution < 1.29 is 23.1 Å². The lowest BCUT2D eigenvalue weighted by atomic mass is 10.1. The van der Waals surface area contributed by atoms with Crippen LogP contribution in [0.15, 0.2) is 23.1 Å². The number of primary sulfonamides is 1. The van der Waals surface area contributed by atoms with E-state index < -0.39 is 16.0 Å². The maximum Gasteiger partial charge on any atom is 0.339 e. The fourth-order valence-corrected chi connectivity index (χ4v) is 1.92.